The molecule has 1 aromatic heterocycles. The van der Waals surface area contributed by atoms with Crippen molar-refractivity contribution in [3.8, 4) is 0 Å². The Morgan fingerprint density at radius 1 is 1.73 bits per heavy atom. The molecular weight excluding hydrogens is 160 g/mol. The van der Waals surface area contributed by atoms with Gasteiger partial charge in [0.2, 0.25) is 5.91 Å². The van der Waals surface area contributed by atoms with Crippen LogP contribution in [0.2, 0.25) is 0 Å². The number of carbonyl (C=O) groups excluding carboxylic acids is 1. The number of carbonyl (C=O) groups is 1. The maximum absolute atomic E-state index is 10.5. The molecule has 0 fully saturated rings. The van der Waals surface area contributed by atoms with E-state index in [1.165, 1.54) is 0 Å². The van der Waals surface area contributed by atoms with E-state index in [2.05, 4.69) is 0 Å². The second kappa shape index (κ2) is 3.50. The van der Waals surface area contributed by atoms with Crippen LogP contribution in [0.3, 0.4) is 0 Å². The lowest BCUT2D eigenvalue weighted by Crippen LogP contribution is -2.20. The average Bonchev–Trinajstić information content (AvgIpc) is 2.35. The first-order valence-corrected chi connectivity index (χ1v) is 4.20. The zero-order valence-electron chi connectivity index (χ0n) is 5.99. The number of hydrogen-bond donors (Lipinski definition) is 2. The van der Waals surface area contributed by atoms with Gasteiger partial charge in [0.25, 0.3) is 0 Å². The maximum Gasteiger partial charge on any atom is 0.219 e. The van der Waals surface area contributed by atoms with Crippen LogP contribution in [0.25, 0.3) is 0 Å². The van der Waals surface area contributed by atoms with Gasteiger partial charge in [-0.05, 0) is 22.4 Å². The number of thiophene rings is 1. The Balaban J connectivity index is 2.56. The topological polar surface area (TPSA) is 69.1 Å². The van der Waals surface area contributed by atoms with Crippen LogP contribution in [0.1, 0.15) is 18.0 Å². The summed E-state index contributed by atoms with van der Waals surface area (Å²) in [5, 5.41) is 3.85. The van der Waals surface area contributed by atoms with E-state index in [1.807, 2.05) is 16.8 Å². The van der Waals surface area contributed by atoms with Crippen LogP contribution >= 0.6 is 11.3 Å². The minimum atomic E-state index is -0.358. The summed E-state index contributed by atoms with van der Waals surface area (Å²) in [5.74, 6) is -0.358. The third kappa shape index (κ3) is 2.32. The smallest absolute Gasteiger partial charge is 0.219 e. The van der Waals surface area contributed by atoms with Crippen LogP contribution in [0.4, 0.5) is 0 Å². The lowest BCUT2D eigenvalue weighted by atomic mass is 10.1. The molecule has 3 nitrogen and oxygen atoms in total. The summed E-state index contributed by atoms with van der Waals surface area (Å²) in [5.41, 5.74) is 11.6. The van der Waals surface area contributed by atoms with Crippen molar-refractivity contribution in [2.75, 3.05) is 0 Å². The normalized spacial score (nSPS) is 12.8. The van der Waals surface area contributed by atoms with E-state index < -0.39 is 0 Å². The van der Waals surface area contributed by atoms with E-state index in [1.54, 1.807) is 11.3 Å². The van der Waals surface area contributed by atoms with Crippen molar-refractivity contribution in [2.45, 2.75) is 12.5 Å². The van der Waals surface area contributed by atoms with Crippen molar-refractivity contribution < 1.29 is 4.79 Å². The van der Waals surface area contributed by atoms with Crippen molar-refractivity contribution in [3.63, 3.8) is 0 Å². The molecule has 1 aromatic rings. The third-order valence-corrected chi connectivity index (χ3v) is 2.09. The molecular formula is C7H10N2OS. The molecule has 0 aliphatic rings. The predicted octanol–water partition coefficient (Wildman–Crippen LogP) is 0.623. The summed E-state index contributed by atoms with van der Waals surface area (Å²) in [4.78, 5) is 10.5. The lowest BCUT2D eigenvalue weighted by molar-refractivity contribution is -0.118. The van der Waals surface area contributed by atoms with Crippen LogP contribution in [0.5, 0.6) is 0 Å². The molecule has 0 aliphatic carbocycles. The molecule has 4 heteroatoms. The maximum atomic E-state index is 10.5. The van der Waals surface area contributed by atoms with E-state index in [0.29, 0.717) is 0 Å². The van der Waals surface area contributed by atoms with Gasteiger partial charge in [-0.2, -0.15) is 11.3 Å². The van der Waals surface area contributed by atoms with Gasteiger partial charge in [0.15, 0.2) is 0 Å². The summed E-state index contributed by atoms with van der Waals surface area (Å²) in [7, 11) is 0. The van der Waals surface area contributed by atoms with Crippen LogP contribution in [0.15, 0.2) is 16.8 Å². The van der Waals surface area contributed by atoms with Crippen molar-refractivity contribution >= 4 is 17.2 Å². The minimum Gasteiger partial charge on any atom is -0.370 e. The largest absolute Gasteiger partial charge is 0.370 e. The van der Waals surface area contributed by atoms with Crippen LogP contribution in [0, 0.1) is 0 Å². The van der Waals surface area contributed by atoms with Gasteiger partial charge in [-0.3, -0.25) is 4.79 Å². The van der Waals surface area contributed by atoms with E-state index in [0.717, 1.165) is 5.56 Å². The third-order valence-electron chi connectivity index (χ3n) is 1.39. The molecule has 1 rings (SSSR count). The van der Waals surface area contributed by atoms with Gasteiger partial charge in [0, 0.05) is 12.5 Å². The summed E-state index contributed by atoms with van der Waals surface area (Å²) in [6, 6.07) is 1.66. The number of rotatable bonds is 3. The molecule has 0 bridgehead atoms. The fraction of sp³-hybridized carbons (Fsp3) is 0.286. The number of nitrogens with two attached hydrogens (primary N) is 2. The highest BCUT2D eigenvalue weighted by molar-refractivity contribution is 7.07. The van der Waals surface area contributed by atoms with Gasteiger partial charge in [-0.1, -0.05) is 0 Å². The Kier molecular flexibility index (Phi) is 2.62. The Bertz CT molecular complexity index is 233. The molecule has 1 amide bonds. The zero-order valence-corrected chi connectivity index (χ0v) is 6.80. The SMILES string of the molecule is NC(=O)CC(N)c1ccsc1. The zero-order chi connectivity index (χ0) is 8.27. The molecule has 4 N–H and O–H groups in total. The van der Waals surface area contributed by atoms with Gasteiger partial charge in [0.05, 0.1) is 0 Å². The first kappa shape index (κ1) is 8.23. The fourth-order valence-corrected chi connectivity index (χ4v) is 1.55. The quantitative estimate of drug-likeness (QED) is 0.698. The summed E-state index contributed by atoms with van der Waals surface area (Å²) in [6.07, 6.45) is 0.219. The second-order valence-electron chi connectivity index (χ2n) is 2.33. The predicted molar refractivity (Wildman–Crippen MR) is 45.1 cm³/mol. The number of amides is 1. The molecule has 0 saturated heterocycles. The molecule has 0 spiro atoms. The number of primary amides is 1. The molecule has 1 unspecified atom stereocenters. The van der Waals surface area contributed by atoms with E-state index in [9.17, 15) is 4.79 Å². The Morgan fingerprint density at radius 2 is 2.45 bits per heavy atom. The molecule has 0 saturated carbocycles. The van der Waals surface area contributed by atoms with E-state index >= 15 is 0 Å². The summed E-state index contributed by atoms with van der Waals surface area (Å²) in [6.45, 7) is 0. The average molecular weight is 170 g/mol. The van der Waals surface area contributed by atoms with E-state index in [-0.39, 0.29) is 18.4 Å². The van der Waals surface area contributed by atoms with Gasteiger partial charge in [-0.15, -0.1) is 0 Å². The molecule has 1 atom stereocenters. The van der Waals surface area contributed by atoms with Gasteiger partial charge < -0.3 is 11.5 Å². The monoisotopic (exact) mass is 170 g/mol. The van der Waals surface area contributed by atoms with Crippen LogP contribution < -0.4 is 11.5 Å². The van der Waals surface area contributed by atoms with Crippen molar-refractivity contribution in [3.05, 3.63) is 22.4 Å². The first-order valence-electron chi connectivity index (χ1n) is 3.26. The van der Waals surface area contributed by atoms with E-state index in [4.69, 9.17) is 11.5 Å². The molecule has 0 radical (unpaired) electrons. The Hall–Kier alpha value is -0.870. The van der Waals surface area contributed by atoms with Crippen LogP contribution in [-0.4, -0.2) is 5.91 Å². The minimum absolute atomic E-state index is 0.219. The molecule has 60 valence electrons. The van der Waals surface area contributed by atoms with Crippen molar-refractivity contribution in [1.82, 2.24) is 0 Å². The van der Waals surface area contributed by atoms with Crippen molar-refractivity contribution in [2.24, 2.45) is 11.5 Å². The lowest BCUT2D eigenvalue weighted by Gasteiger charge is -2.05. The van der Waals surface area contributed by atoms with Crippen LogP contribution in [-0.2, 0) is 4.79 Å². The second-order valence-corrected chi connectivity index (χ2v) is 3.11. The van der Waals surface area contributed by atoms with Gasteiger partial charge in [0.1, 0.15) is 0 Å². The van der Waals surface area contributed by atoms with Crippen molar-refractivity contribution in [1.29, 1.82) is 0 Å². The number of hydrogen-bond acceptors (Lipinski definition) is 3. The highest BCUT2D eigenvalue weighted by Crippen LogP contribution is 2.16. The summed E-state index contributed by atoms with van der Waals surface area (Å²) < 4.78 is 0. The Labute approximate surface area is 69.0 Å². The molecule has 1 heterocycles. The molecule has 11 heavy (non-hydrogen) atoms. The molecule has 0 aliphatic heterocycles. The highest BCUT2D eigenvalue weighted by Gasteiger charge is 2.08. The molecule has 0 aromatic carbocycles. The van der Waals surface area contributed by atoms with Gasteiger partial charge in [-0.25, -0.2) is 0 Å². The van der Waals surface area contributed by atoms with Gasteiger partial charge >= 0.3 is 0 Å². The highest BCUT2D eigenvalue weighted by atomic mass is 32.1. The Morgan fingerprint density at radius 3 is 2.91 bits per heavy atom. The first-order chi connectivity index (χ1) is 5.20. The standard InChI is InChI=1S/C7H10N2OS/c8-6(3-7(9)10)5-1-2-11-4-5/h1-2,4,6H,3,8H2,(H2,9,10). The fourth-order valence-electron chi connectivity index (χ4n) is 0.821. The summed E-state index contributed by atoms with van der Waals surface area (Å²) >= 11 is 1.56.